The maximum absolute atomic E-state index is 14.5. The summed E-state index contributed by atoms with van der Waals surface area (Å²) in [6, 6.07) is -2.37. The van der Waals surface area contributed by atoms with Crippen molar-refractivity contribution < 1.29 is 92.0 Å². The molecule has 0 spiro atoms. The van der Waals surface area contributed by atoms with Gasteiger partial charge in [0.2, 0.25) is 82.7 Å². The molecule has 2 aromatic carbocycles. The SMILES string of the molecule is CC[C@H](C)[C@H](NC(=O)[C@H](CCCNC(=N)N)NC(=O)CNC(=O)CNC(=O)[C@H](Cc1ccccc1)NC(=O)[C@@H](C)NC(=O)[C@H](CS)NC(=O)[C@H](CO)NC(=O)[C@@H](N)CO)C(=O)N[C@@H](CC(=O)O)C(=O)N[C@@H](CCCNC(=N)N)C(=O)N[C@H](C(=O)N[C@@H](CS)C(=O)N[C@@H](Cc1ccccc1)C(=O)N[C@H](C=O)CCCNC(=N)N)[C@@H](C)CC. The molecule has 31 N–H and O–H groups in total. The van der Waals surface area contributed by atoms with Crippen LogP contribution in [0, 0.1) is 28.1 Å². The molecule has 0 radical (unpaired) electrons. The van der Waals surface area contributed by atoms with Crippen LogP contribution in [0.5, 0.6) is 0 Å². The average Bonchev–Trinajstić information content (AvgIpc) is 0.854. The maximum Gasteiger partial charge on any atom is 0.305 e. The Hall–Kier alpha value is -11.5. The Balaban J connectivity index is 2.38. The second-order valence-corrected chi connectivity index (χ2v) is 27.8. The van der Waals surface area contributed by atoms with E-state index < -0.39 is 224 Å². The number of aldehydes is 1. The molecule has 0 aromatic heterocycles. The third-order valence-electron chi connectivity index (χ3n) is 17.8. The van der Waals surface area contributed by atoms with Crippen molar-refractivity contribution in [1.82, 2.24) is 90.4 Å². The molecule has 0 aliphatic carbocycles. The van der Waals surface area contributed by atoms with Crippen LogP contribution >= 0.6 is 25.3 Å². The lowest BCUT2D eigenvalue weighted by Crippen LogP contribution is -2.62. The van der Waals surface area contributed by atoms with Crippen molar-refractivity contribution in [3.63, 3.8) is 0 Å². The third kappa shape index (κ3) is 38.6. The fourth-order valence-electron chi connectivity index (χ4n) is 10.7. The monoisotopic (exact) mass is 1670 g/mol. The minimum Gasteiger partial charge on any atom is -0.481 e. The second-order valence-electron chi connectivity index (χ2n) is 27.0. The molecule has 14 amide bonds. The van der Waals surface area contributed by atoms with E-state index in [0.29, 0.717) is 23.8 Å². The van der Waals surface area contributed by atoms with Gasteiger partial charge in [-0.2, -0.15) is 25.3 Å². The zero-order valence-corrected chi connectivity index (χ0v) is 67.0. The quantitative estimate of drug-likeness (QED) is 0.00961. The summed E-state index contributed by atoms with van der Waals surface area (Å²) in [5.74, 6) is -18.6. The van der Waals surface area contributed by atoms with E-state index in [4.69, 9.17) is 44.3 Å². The van der Waals surface area contributed by atoms with E-state index in [1.54, 1.807) is 81.4 Å². The van der Waals surface area contributed by atoms with E-state index in [0.717, 1.165) is 0 Å². The number of aliphatic carboxylic acids is 1. The molecule has 0 bridgehead atoms. The van der Waals surface area contributed by atoms with Crippen LogP contribution in [0.3, 0.4) is 0 Å². The van der Waals surface area contributed by atoms with Crippen molar-refractivity contribution in [2.24, 2.45) is 34.8 Å². The third-order valence-corrected chi connectivity index (χ3v) is 18.5. The zero-order valence-electron chi connectivity index (χ0n) is 65.2. The highest BCUT2D eigenvalue weighted by molar-refractivity contribution is 7.80. The zero-order chi connectivity index (χ0) is 87.1. The fraction of sp³-hybridized carbons (Fsp3) is 0.563. The van der Waals surface area contributed by atoms with Crippen LogP contribution in [-0.4, -0.2) is 264 Å². The molecule has 0 fully saturated rings. The van der Waals surface area contributed by atoms with Gasteiger partial charge in [-0.15, -0.1) is 0 Å². The molecule has 0 saturated heterocycles. The van der Waals surface area contributed by atoms with Crippen molar-refractivity contribution >= 4 is 138 Å². The fourth-order valence-corrected chi connectivity index (χ4v) is 11.3. The molecule has 0 heterocycles. The van der Waals surface area contributed by atoms with Gasteiger partial charge in [0.15, 0.2) is 17.9 Å². The van der Waals surface area contributed by atoms with Gasteiger partial charge in [0.1, 0.15) is 78.8 Å². The number of amides is 14. The van der Waals surface area contributed by atoms with Crippen LogP contribution in [0.1, 0.15) is 104 Å². The standard InChI is InChI=1S/C71H114N24O19S2/c1-6-37(3)55(94-60(106)44(22-15-25-80-70(75)76)86-53(100)31-82-52(99)30-83-59(105)46(27-40-17-10-8-11-18-40)88-57(103)39(5)84-65(111)50(35-115)92-64(110)49(34-98)91-58(104)43(72)33-97)67(113)90-48(29-54(101)102)63(109)87-45(23-16-26-81-71(77)78)61(107)95-56(38(4)7-2)68(114)93-51(36-116)66(112)89-47(28-41-19-12-9-13-20-41)62(108)85-42(32-96)21-14-24-79-69(73)74/h8-13,17-20,32,37-39,42-51,55-56,97-98,115-116H,6-7,14-16,21-31,33-36,72H2,1-5H3,(H,82,99)(H,83,105)(H,84,111)(H,85,108)(H,86,100)(H,87,109)(H,88,103)(H,89,112)(H,90,113)(H,91,104)(H,92,110)(H,93,114)(H,94,106)(H,95,107)(H,101,102)(H4,73,74,79)(H4,75,76,80)(H4,77,78,81)/t37-,38-,39+,42-,43-,44-,45-,46-,47-,48-,49-,50-,51-,55-,56-/m0/s1. The Labute approximate surface area is 681 Å². The number of thiol groups is 2. The molecule has 2 aromatic rings. The first-order valence-electron chi connectivity index (χ1n) is 37.3. The van der Waals surface area contributed by atoms with E-state index in [1.807, 2.05) is 0 Å². The highest BCUT2D eigenvalue weighted by Crippen LogP contribution is 2.15. The number of nitrogens with one attached hydrogen (secondary N) is 20. The van der Waals surface area contributed by atoms with Gasteiger partial charge in [0.25, 0.3) is 0 Å². The Morgan fingerprint density at radius 3 is 1.22 bits per heavy atom. The number of benzene rings is 2. The molecule has 0 aliphatic rings. The predicted molar refractivity (Wildman–Crippen MR) is 430 cm³/mol. The molecule has 45 heteroatoms. The first kappa shape index (κ1) is 101. The van der Waals surface area contributed by atoms with E-state index in [-0.39, 0.29) is 94.9 Å². The second kappa shape index (κ2) is 54.4. The number of carboxylic acids is 1. The van der Waals surface area contributed by atoms with E-state index in [1.165, 1.54) is 13.8 Å². The first-order chi connectivity index (χ1) is 54.9. The maximum atomic E-state index is 14.5. The van der Waals surface area contributed by atoms with E-state index >= 15 is 0 Å². The highest BCUT2D eigenvalue weighted by atomic mass is 32.1. The van der Waals surface area contributed by atoms with Crippen LogP contribution in [-0.2, 0) is 89.6 Å². The molecule has 2 rings (SSSR count). The van der Waals surface area contributed by atoms with Crippen LogP contribution in [0.4, 0.5) is 0 Å². The molecule has 0 unspecified atom stereocenters. The van der Waals surface area contributed by atoms with Gasteiger partial charge in [0, 0.05) is 44.0 Å². The summed E-state index contributed by atoms with van der Waals surface area (Å²) in [4.78, 5) is 217. The molecular formula is C71H114N24O19S2. The summed E-state index contributed by atoms with van der Waals surface area (Å²) in [6.07, 6.45) is -0.368. The molecule has 15 atom stereocenters. The lowest BCUT2D eigenvalue weighted by Gasteiger charge is -2.30. The van der Waals surface area contributed by atoms with Gasteiger partial charge in [-0.25, -0.2) is 0 Å². The number of nitrogens with two attached hydrogens (primary N) is 4. The van der Waals surface area contributed by atoms with Gasteiger partial charge in [-0.05, 0) is 68.4 Å². The summed E-state index contributed by atoms with van der Waals surface area (Å²) < 4.78 is 0. The molecule has 43 nitrogen and oxygen atoms in total. The van der Waals surface area contributed by atoms with Crippen LogP contribution in [0.2, 0.25) is 0 Å². The largest absolute Gasteiger partial charge is 0.481 e. The number of carbonyl (C=O) groups is 16. The number of hydrogen-bond acceptors (Lipinski definition) is 24. The van der Waals surface area contributed by atoms with Crippen LogP contribution in [0.15, 0.2) is 60.7 Å². The molecule has 116 heavy (non-hydrogen) atoms. The highest BCUT2D eigenvalue weighted by Gasteiger charge is 2.38. The van der Waals surface area contributed by atoms with Gasteiger partial charge in [-0.1, -0.05) is 101 Å². The number of hydrogen-bond donors (Lipinski definition) is 29. The van der Waals surface area contributed by atoms with Crippen molar-refractivity contribution in [2.45, 2.75) is 184 Å². The van der Waals surface area contributed by atoms with Gasteiger partial charge in [0.05, 0.1) is 38.8 Å². The summed E-state index contributed by atoms with van der Waals surface area (Å²) in [6.45, 7) is 4.57. The Morgan fingerprint density at radius 1 is 0.414 bits per heavy atom. The number of aliphatic hydroxyl groups is 2. The van der Waals surface area contributed by atoms with Gasteiger partial charge >= 0.3 is 5.97 Å². The summed E-state index contributed by atoms with van der Waals surface area (Å²) >= 11 is 8.40. The van der Waals surface area contributed by atoms with Crippen LogP contribution < -0.4 is 113 Å². The molecule has 644 valence electrons. The van der Waals surface area contributed by atoms with Crippen molar-refractivity contribution in [3.8, 4) is 0 Å². The van der Waals surface area contributed by atoms with Crippen molar-refractivity contribution in [3.05, 3.63) is 71.8 Å². The smallest absolute Gasteiger partial charge is 0.305 e. The molecular weight excluding hydrogens is 1560 g/mol. The molecule has 0 saturated carbocycles. The Bertz CT molecular complexity index is 3650. The number of rotatable bonds is 55. The van der Waals surface area contributed by atoms with Crippen molar-refractivity contribution in [2.75, 3.05) is 57.4 Å². The summed E-state index contributed by atoms with van der Waals surface area (Å²) in [5, 5.41) is 93.5. The number of carbonyl (C=O) groups excluding carboxylic acids is 15. The minimum atomic E-state index is -1.98. The van der Waals surface area contributed by atoms with Gasteiger partial charge < -0.3 is 133 Å². The number of carboxylic acid groups (broad SMARTS) is 1. The number of guanidine groups is 3. The first-order valence-corrected chi connectivity index (χ1v) is 38.6. The topological polar surface area (TPSA) is 714 Å². The number of aliphatic hydroxyl groups excluding tert-OH is 2. The van der Waals surface area contributed by atoms with Crippen molar-refractivity contribution in [1.29, 1.82) is 16.2 Å². The normalized spacial score (nSPS) is 14.7. The van der Waals surface area contributed by atoms with E-state index in [9.17, 15) is 86.9 Å². The van der Waals surface area contributed by atoms with Gasteiger partial charge in [-0.3, -0.25) is 88.1 Å². The Morgan fingerprint density at radius 2 is 0.784 bits per heavy atom. The Kier molecular flexibility index (Phi) is 47.1. The van der Waals surface area contributed by atoms with E-state index in [2.05, 4.69) is 116 Å². The summed E-state index contributed by atoms with van der Waals surface area (Å²) in [5.41, 5.74) is 22.9. The lowest BCUT2D eigenvalue weighted by molar-refractivity contribution is -0.142. The van der Waals surface area contributed by atoms with Crippen LogP contribution in [0.25, 0.3) is 0 Å². The predicted octanol–water partition coefficient (Wildman–Crippen LogP) is -8.73. The average molecular weight is 1670 g/mol. The minimum absolute atomic E-state index is 0.00217. The lowest BCUT2D eigenvalue weighted by atomic mass is 9.96. The summed E-state index contributed by atoms with van der Waals surface area (Å²) in [7, 11) is 0. The molecule has 0 aliphatic heterocycles.